The molecule has 2 unspecified atom stereocenters. The van der Waals surface area contributed by atoms with E-state index in [1.165, 1.54) is 0 Å². The Balaban J connectivity index is 3.72. The maximum Gasteiger partial charge on any atom is 0.698 e. The Labute approximate surface area is 133 Å². The molecule has 0 aromatic carbocycles. The van der Waals surface area contributed by atoms with Crippen LogP contribution >= 0.6 is 8.25 Å². The van der Waals surface area contributed by atoms with Crippen LogP contribution in [0, 0.1) is 11.8 Å². The topological polar surface area (TPSA) is 93.7 Å². The van der Waals surface area contributed by atoms with E-state index in [2.05, 4.69) is 10.6 Å². The third-order valence-corrected chi connectivity index (χ3v) is 3.97. The Bertz CT molecular complexity index is 333. The molecule has 0 aliphatic heterocycles. The zero-order valence-electron chi connectivity index (χ0n) is 13.9. The summed E-state index contributed by atoms with van der Waals surface area (Å²) in [5.41, 5.74) is 0. The smallest absolute Gasteiger partial charge is 0.354 e. The Kier molecular flexibility index (Phi) is 11.9. The van der Waals surface area contributed by atoms with Crippen LogP contribution in [0.15, 0.2) is 0 Å². The molecule has 8 heteroatoms. The predicted molar refractivity (Wildman–Crippen MR) is 84.4 cm³/mol. The summed E-state index contributed by atoms with van der Waals surface area (Å²) in [6.45, 7) is 8.50. The number of amides is 2. The Morgan fingerprint density at radius 3 is 1.59 bits per heavy atom. The van der Waals surface area contributed by atoms with E-state index in [1.807, 2.05) is 27.7 Å². The monoisotopic (exact) mass is 335 g/mol. The van der Waals surface area contributed by atoms with Gasteiger partial charge >= 0.3 is 8.25 Å². The number of hydrogen-bond acceptors (Lipinski definition) is 5. The van der Waals surface area contributed by atoms with Crippen LogP contribution in [0.4, 0.5) is 0 Å². The van der Waals surface area contributed by atoms with Crippen LogP contribution < -0.4 is 10.6 Å². The van der Waals surface area contributed by atoms with Gasteiger partial charge in [0.1, 0.15) is 0 Å². The lowest BCUT2D eigenvalue weighted by Crippen LogP contribution is -2.31. The first-order valence-electron chi connectivity index (χ1n) is 7.65. The second-order valence-corrected chi connectivity index (χ2v) is 6.37. The molecule has 0 heterocycles. The molecule has 0 saturated heterocycles. The summed E-state index contributed by atoms with van der Waals surface area (Å²) >= 11 is 0. The molecule has 0 fully saturated rings. The molecule has 0 rings (SSSR count). The van der Waals surface area contributed by atoms with Crippen molar-refractivity contribution in [2.75, 3.05) is 26.3 Å². The first-order valence-corrected chi connectivity index (χ1v) is 8.74. The Morgan fingerprint density at radius 2 is 1.27 bits per heavy atom. The van der Waals surface area contributed by atoms with Gasteiger partial charge in [-0.15, -0.1) is 9.05 Å². The SMILES string of the molecule is CCC(C)CNC(=O)CO[P+](=O)OCC(=O)NCC(C)CC. The number of rotatable bonds is 12. The molecule has 0 bridgehead atoms. The van der Waals surface area contributed by atoms with Crippen LogP contribution in [0.1, 0.15) is 40.5 Å². The van der Waals surface area contributed by atoms with E-state index < -0.39 is 8.25 Å². The third-order valence-electron chi connectivity index (χ3n) is 3.29. The molecule has 7 nitrogen and oxygen atoms in total. The van der Waals surface area contributed by atoms with Gasteiger partial charge in [0.25, 0.3) is 11.8 Å². The van der Waals surface area contributed by atoms with Crippen molar-refractivity contribution in [3.05, 3.63) is 0 Å². The van der Waals surface area contributed by atoms with Crippen molar-refractivity contribution < 1.29 is 23.2 Å². The van der Waals surface area contributed by atoms with E-state index in [1.54, 1.807) is 0 Å². The number of carbonyl (C=O) groups is 2. The number of hydrogen-bond donors (Lipinski definition) is 2. The maximum atomic E-state index is 11.4. The minimum atomic E-state index is -2.48. The van der Waals surface area contributed by atoms with Gasteiger partial charge in [-0.05, 0) is 11.8 Å². The number of carbonyl (C=O) groups excluding carboxylic acids is 2. The van der Waals surface area contributed by atoms with Gasteiger partial charge in [-0.1, -0.05) is 40.5 Å². The standard InChI is InChI=1S/C14H27N2O5P/c1-5-11(3)7-15-13(17)9-20-22(19)21-10-14(18)16-8-12(4)6-2/h11-12H,5-10H2,1-4H3,(H-,15,16,17,18)/p+1. The summed E-state index contributed by atoms with van der Waals surface area (Å²) in [4.78, 5) is 22.8. The fourth-order valence-electron chi connectivity index (χ4n) is 1.23. The number of nitrogens with one attached hydrogen (secondary N) is 2. The Hall–Kier alpha value is -1.04. The van der Waals surface area contributed by atoms with E-state index in [0.29, 0.717) is 24.9 Å². The van der Waals surface area contributed by atoms with Crippen LogP contribution in [0.25, 0.3) is 0 Å². The van der Waals surface area contributed by atoms with Crippen molar-refractivity contribution in [3.8, 4) is 0 Å². The van der Waals surface area contributed by atoms with E-state index in [0.717, 1.165) is 12.8 Å². The lowest BCUT2D eigenvalue weighted by Gasteiger charge is -2.08. The molecule has 0 aliphatic carbocycles. The highest BCUT2D eigenvalue weighted by molar-refractivity contribution is 7.33. The summed E-state index contributed by atoms with van der Waals surface area (Å²) in [5, 5.41) is 5.33. The molecular weight excluding hydrogens is 307 g/mol. The average molecular weight is 335 g/mol. The van der Waals surface area contributed by atoms with E-state index >= 15 is 0 Å². The minimum Gasteiger partial charge on any atom is -0.354 e. The molecule has 0 aromatic rings. The third kappa shape index (κ3) is 11.6. The van der Waals surface area contributed by atoms with Gasteiger partial charge in [-0.3, -0.25) is 9.59 Å². The van der Waals surface area contributed by atoms with Crippen LogP contribution in [0.2, 0.25) is 0 Å². The zero-order valence-corrected chi connectivity index (χ0v) is 14.8. The van der Waals surface area contributed by atoms with Crippen LogP contribution in [-0.2, 0) is 23.2 Å². The highest BCUT2D eigenvalue weighted by Gasteiger charge is 2.24. The molecule has 2 atom stereocenters. The van der Waals surface area contributed by atoms with Gasteiger partial charge in [0.15, 0.2) is 13.2 Å². The summed E-state index contributed by atoms with van der Waals surface area (Å²) in [6, 6.07) is 0. The zero-order chi connectivity index (χ0) is 17.0. The lowest BCUT2D eigenvalue weighted by molar-refractivity contribution is -0.123. The largest absolute Gasteiger partial charge is 0.698 e. The first kappa shape index (κ1) is 21.0. The van der Waals surface area contributed by atoms with Gasteiger partial charge < -0.3 is 10.6 Å². The fraction of sp³-hybridized carbons (Fsp3) is 0.857. The molecule has 22 heavy (non-hydrogen) atoms. The van der Waals surface area contributed by atoms with Crippen molar-refractivity contribution in [1.29, 1.82) is 0 Å². The van der Waals surface area contributed by atoms with Gasteiger partial charge in [0, 0.05) is 17.7 Å². The summed E-state index contributed by atoms with van der Waals surface area (Å²) in [6.07, 6.45) is 1.93. The quantitative estimate of drug-likeness (QED) is 0.532. The maximum absolute atomic E-state index is 11.4. The van der Waals surface area contributed by atoms with E-state index in [4.69, 9.17) is 9.05 Å². The molecule has 128 valence electrons. The highest BCUT2D eigenvalue weighted by atomic mass is 31.1. The van der Waals surface area contributed by atoms with Gasteiger partial charge in [-0.25, -0.2) is 0 Å². The second kappa shape index (κ2) is 12.5. The van der Waals surface area contributed by atoms with Crippen molar-refractivity contribution in [2.24, 2.45) is 11.8 Å². The van der Waals surface area contributed by atoms with Gasteiger partial charge in [-0.2, -0.15) is 0 Å². The van der Waals surface area contributed by atoms with Gasteiger partial charge in [0.2, 0.25) is 0 Å². The summed E-state index contributed by atoms with van der Waals surface area (Å²) < 4.78 is 20.9. The molecule has 0 radical (unpaired) electrons. The molecule has 0 aliphatic rings. The van der Waals surface area contributed by atoms with Crippen molar-refractivity contribution in [1.82, 2.24) is 10.6 Å². The van der Waals surface area contributed by atoms with Crippen molar-refractivity contribution in [2.45, 2.75) is 40.5 Å². The van der Waals surface area contributed by atoms with E-state index in [-0.39, 0.29) is 25.0 Å². The summed E-state index contributed by atoms with van der Waals surface area (Å²) in [5.74, 6) is 0.0493. The van der Waals surface area contributed by atoms with Crippen LogP contribution in [0.3, 0.4) is 0 Å². The highest BCUT2D eigenvalue weighted by Crippen LogP contribution is 2.22. The van der Waals surface area contributed by atoms with Gasteiger partial charge in [0.05, 0.1) is 0 Å². The van der Waals surface area contributed by atoms with E-state index in [9.17, 15) is 14.2 Å². The molecule has 2 amide bonds. The second-order valence-electron chi connectivity index (χ2n) is 5.41. The molecule has 0 saturated carbocycles. The lowest BCUT2D eigenvalue weighted by atomic mass is 10.1. The normalized spacial score (nSPS) is 14.1. The predicted octanol–water partition coefficient (Wildman–Crippen LogP) is 2.00. The molecular formula is C14H28N2O5P+. The minimum absolute atomic E-state index is 0.347. The van der Waals surface area contributed by atoms with Crippen molar-refractivity contribution >= 4 is 20.1 Å². The fourth-order valence-corrected chi connectivity index (χ4v) is 1.75. The summed E-state index contributed by atoms with van der Waals surface area (Å²) in [7, 11) is -2.48. The van der Waals surface area contributed by atoms with Crippen molar-refractivity contribution in [3.63, 3.8) is 0 Å². The Morgan fingerprint density at radius 1 is 0.909 bits per heavy atom. The average Bonchev–Trinajstić information content (AvgIpc) is 2.53. The first-order chi connectivity index (χ1) is 10.4. The molecule has 2 N–H and O–H groups in total. The van der Waals surface area contributed by atoms with Crippen LogP contribution in [0.5, 0.6) is 0 Å². The van der Waals surface area contributed by atoms with Crippen LogP contribution in [-0.4, -0.2) is 38.1 Å². The molecule has 0 spiro atoms. The molecule has 0 aromatic heterocycles.